The summed E-state index contributed by atoms with van der Waals surface area (Å²) in [7, 11) is 0. The molecule has 2 aromatic carbocycles. The number of hydrogen-bond donors (Lipinski definition) is 1. The molecule has 0 heterocycles. The minimum Gasteiger partial charge on any atom is -0.323 e. The van der Waals surface area contributed by atoms with Gasteiger partial charge in [0.2, 0.25) is 11.8 Å². The second-order valence-corrected chi connectivity index (χ2v) is 5.98. The first kappa shape index (κ1) is 17.9. The number of halogens is 2. The van der Waals surface area contributed by atoms with E-state index in [2.05, 4.69) is 5.32 Å². The maximum Gasteiger partial charge on any atom is 0.244 e. The number of amides is 2. The van der Waals surface area contributed by atoms with Crippen molar-refractivity contribution in [2.45, 2.75) is 20.8 Å². The molecule has 4 nitrogen and oxygen atoms in total. The van der Waals surface area contributed by atoms with E-state index in [1.54, 1.807) is 12.1 Å². The Hall–Kier alpha value is -2.40. The van der Waals surface area contributed by atoms with Gasteiger partial charge in [-0.05, 0) is 49.2 Å². The zero-order chi connectivity index (χ0) is 17.9. The van der Waals surface area contributed by atoms with E-state index in [9.17, 15) is 14.0 Å². The maximum atomic E-state index is 13.4. The summed E-state index contributed by atoms with van der Waals surface area (Å²) < 4.78 is 13.4. The number of nitrogens with one attached hydrogen (secondary N) is 1. The topological polar surface area (TPSA) is 49.4 Å². The molecule has 2 rings (SSSR count). The predicted molar refractivity (Wildman–Crippen MR) is 94.0 cm³/mol. The molecule has 0 atom stereocenters. The Labute approximate surface area is 145 Å². The monoisotopic (exact) mass is 348 g/mol. The van der Waals surface area contributed by atoms with E-state index < -0.39 is 11.7 Å². The molecule has 0 saturated heterocycles. The summed E-state index contributed by atoms with van der Waals surface area (Å²) in [4.78, 5) is 25.3. The number of rotatable bonds is 4. The molecule has 0 aliphatic carbocycles. The van der Waals surface area contributed by atoms with E-state index in [-0.39, 0.29) is 12.5 Å². The minimum absolute atomic E-state index is 0.234. The van der Waals surface area contributed by atoms with E-state index in [1.807, 2.05) is 19.9 Å². The summed E-state index contributed by atoms with van der Waals surface area (Å²) in [6, 6.07) is 9.19. The first-order chi connectivity index (χ1) is 11.3. The van der Waals surface area contributed by atoms with Gasteiger partial charge in [-0.25, -0.2) is 4.39 Å². The highest BCUT2D eigenvalue weighted by Crippen LogP contribution is 2.27. The third-order valence-corrected chi connectivity index (χ3v) is 3.80. The summed E-state index contributed by atoms with van der Waals surface area (Å²) in [5.74, 6) is -1.25. The standard InChI is InChI=1S/C18H18ClFN2O2/c1-11-7-12(2)18(16(19)8-11)21-17(24)10-22(13(3)23)15-6-4-5-14(20)9-15/h4-9H,10H2,1-3H3,(H,21,24). The van der Waals surface area contributed by atoms with Crippen molar-refractivity contribution < 1.29 is 14.0 Å². The second kappa shape index (κ2) is 7.45. The van der Waals surface area contributed by atoms with Crippen molar-refractivity contribution in [2.75, 3.05) is 16.8 Å². The fraction of sp³-hybridized carbons (Fsp3) is 0.222. The minimum atomic E-state index is -0.475. The largest absolute Gasteiger partial charge is 0.323 e. The van der Waals surface area contributed by atoms with Crippen LogP contribution in [0.2, 0.25) is 5.02 Å². The average molecular weight is 349 g/mol. The first-order valence-corrected chi connectivity index (χ1v) is 7.76. The third kappa shape index (κ3) is 4.32. The van der Waals surface area contributed by atoms with Crippen LogP contribution in [0.25, 0.3) is 0 Å². The molecule has 1 N–H and O–H groups in total. The van der Waals surface area contributed by atoms with Crippen LogP contribution in [0.3, 0.4) is 0 Å². The highest BCUT2D eigenvalue weighted by Gasteiger charge is 2.18. The molecular weight excluding hydrogens is 331 g/mol. The van der Waals surface area contributed by atoms with Crippen molar-refractivity contribution in [3.8, 4) is 0 Å². The molecule has 0 spiro atoms. The Morgan fingerprint density at radius 3 is 2.50 bits per heavy atom. The van der Waals surface area contributed by atoms with E-state index >= 15 is 0 Å². The Bertz CT molecular complexity index is 769. The molecule has 0 bridgehead atoms. The average Bonchev–Trinajstić information content (AvgIpc) is 2.48. The van der Waals surface area contributed by atoms with E-state index in [1.165, 1.54) is 30.0 Å². The van der Waals surface area contributed by atoms with Crippen LogP contribution in [0.4, 0.5) is 15.8 Å². The quantitative estimate of drug-likeness (QED) is 0.904. The summed E-state index contributed by atoms with van der Waals surface area (Å²) in [6.45, 7) is 4.83. The molecule has 0 aromatic heterocycles. The first-order valence-electron chi connectivity index (χ1n) is 7.38. The molecular formula is C18H18ClFN2O2. The lowest BCUT2D eigenvalue weighted by atomic mass is 10.1. The SMILES string of the molecule is CC(=O)N(CC(=O)Nc1c(C)cc(C)cc1Cl)c1cccc(F)c1. The zero-order valence-electron chi connectivity index (χ0n) is 13.7. The van der Waals surface area contributed by atoms with E-state index in [0.717, 1.165) is 11.1 Å². The Balaban J connectivity index is 2.19. The van der Waals surface area contributed by atoms with E-state index in [4.69, 9.17) is 11.6 Å². The lowest BCUT2D eigenvalue weighted by molar-refractivity contribution is -0.120. The van der Waals surface area contributed by atoms with Gasteiger partial charge in [0.25, 0.3) is 0 Å². The van der Waals surface area contributed by atoms with Crippen LogP contribution in [0.5, 0.6) is 0 Å². The van der Waals surface area contributed by atoms with Crippen LogP contribution in [0.1, 0.15) is 18.1 Å². The van der Waals surface area contributed by atoms with Crippen LogP contribution < -0.4 is 10.2 Å². The summed E-state index contributed by atoms with van der Waals surface area (Å²) >= 11 is 6.17. The highest BCUT2D eigenvalue weighted by atomic mass is 35.5. The van der Waals surface area contributed by atoms with Crippen molar-refractivity contribution in [2.24, 2.45) is 0 Å². The van der Waals surface area contributed by atoms with Gasteiger partial charge in [-0.2, -0.15) is 0 Å². The molecule has 24 heavy (non-hydrogen) atoms. The van der Waals surface area contributed by atoms with Gasteiger partial charge >= 0.3 is 0 Å². The predicted octanol–water partition coefficient (Wildman–Crippen LogP) is 4.09. The van der Waals surface area contributed by atoms with Gasteiger partial charge in [-0.15, -0.1) is 0 Å². The van der Waals surface area contributed by atoms with Crippen LogP contribution in [0.15, 0.2) is 36.4 Å². The van der Waals surface area contributed by atoms with Gasteiger partial charge < -0.3 is 10.2 Å². The van der Waals surface area contributed by atoms with Crippen molar-refractivity contribution in [3.05, 3.63) is 58.4 Å². The molecule has 0 fully saturated rings. The van der Waals surface area contributed by atoms with Crippen molar-refractivity contribution in [3.63, 3.8) is 0 Å². The summed E-state index contributed by atoms with van der Waals surface area (Å²) in [6.07, 6.45) is 0. The molecule has 0 radical (unpaired) electrons. The number of hydrogen-bond acceptors (Lipinski definition) is 2. The molecule has 0 unspecified atom stereocenters. The molecule has 0 aliphatic heterocycles. The number of benzene rings is 2. The molecule has 126 valence electrons. The van der Waals surface area contributed by atoms with Gasteiger partial charge in [0.1, 0.15) is 12.4 Å². The molecule has 6 heteroatoms. The number of carbonyl (C=O) groups excluding carboxylic acids is 2. The fourth-order valence-corrected chi connectivity index (χ4v) is 2.79. The molecule has 2 aromatic rings. The van der Waals surface area contributed by atoms with Gasteiger partial charge in [0, 0.05) is 12.6 Å². The normalized spacial score (nSPS) is 10.4. The summed E-state index contributed by atoms with van der Waals surface area (Å²) in [5, 5.41) is 3.15. The Morgan fingerprint density at radius 2 is 1.92 bits per heavy atom. The summed E-state index contributed by atoms with van der Waals surface area (Å²) in [5.41, 5.74) is 2.65. The van der Waals surface area contributed by atoms with Crippen LogP contribution in [-0.2, 0) is 9.59 Å². The van der Waals surface area contributed by atoms with Crippen molar-refractivity contribution >= 4 is 34.8 Å². The smallest absolute Gasteiger partial charge is 0.244 e. The molecule has 0 aliphatic rings. The van der Waals surface area contributed by atoms with Gasteiger partial charge in [0.05, 0.1) is 10.7 Å². The molecule has 2 amide bonds. The number of aryl methyl sites for hydroxylation is 2. The fourth-order valence-electron chi connectivity index (χ4n) is 2.43. The third-order valence-electron chi connectivity index (χ3n) is 3.50. The number of nitrogens with zero attached hydrogens (tertiary/aromatic N) is 1. The lowest BCUT2D eigenvalue weighted by Crippen LogP contribution is -2.36. The van der Waals surface area contributed by atoms with Gasteiger partial charge in [-0.1, -0.05) is 23.7 Å². The zero-order valence-corrected chi connectivity index (χ0v) is 14.4. The van der Waals surface area contributed by atoms with Gasteiger partial charge in [-0.3, -0.25) is 9.59 Å². The van der Waals surface area contributed by atoms with Crippen LogP contribution >= 0.6 is 11.6 Å². The number of carbonyl (C=O) groups is 2. The van der Waals surface area contributed by atoms with Gasteiger partial charge in [0.15, 0.2) is 0 Å². The van der Waals surface area contributed by atoms with Crippen LogP contribution in [-0.4, -0.2) is 18.4 Å². The highest BCUT2D eigenvalue weighted by molar-refractivity contribution is 6.34. The Kier molecular flexibility index (Phi) is 5.57. The lowest BCUT2D eigenvalue weighted by Gasteiger charge is -2.21. The maximum absolute atomic E-state index is 13.4. The van der Waals surface area contributed by atoms with E-state index in [0.29, 0.717) is 16.4 Å². The van der Waals surface area contributed by atoms with Crippen molar-refractivity contribution in [1.29, 1.82) is 0 Å². The molecule has 0 saturated carbocycles. The number of anilines is 2. The van der Waals surface area contributed by atoms with Crippen LogP contribution in [0, 0.1) is 19.7 Å². The van der Waals surface area contributed by atoms with Crippen molar-refractivity contribution in [1.82, 2.24) is 0 Å². The Morgan fingerprint density at radius 1 is 1.21 bits per heavy atom. The second-order valence-electron chi connectivity index (χ2n) is 5.57.